The third kappa shape index (κ3) is 7.13. The molecule has 0 aliphatic heterocycles. The molecule has 0 heterocycles. The molecule has 0 aromatic heterocycles. The molecule has 1 aromatic rings. The zero-order valence-corrected chi connectivity index (χ0v) is 15.0. The van der Waals surface area contributed by atoms with Crippen LogP contribution < -0.4 is 0 Å². The van der Waals surface area contributed by atoms with Crippen LogP contribution in [0.15, 0.2) is 24.3 Å². The van der Waals surface area contributed by atoms with Crippen LogP contribution in [0.1, 0.15) is 45.7 Å². The number of hydrogen-bond donors (Lipinski definition) is 2. The number of alkyl halides is 3. The lowest BCUT2D eigenvalue weighted by Gasteiger charge is -2.25. The minimum atomic E-state index is -4.60. The number of carboxylic acid groups (broad SMARTS) is 2. The molecule has 1 aromatic carbocycles. The van der Waals surface area contributed by atoms with Crippen molar-refractivity contribution in [1.82, 2.24) is 0 Å². The summed E-state index contributed by atoms with van der Waals surface area (Å²) in [7, 11) is 0. The van der Waals surface area contributed by atoms with E-state index < -0.39 is 35.7 Å². The number of ether oxygens (including phenoxy) is 1. The highest BCUT2D eigenvalue weighted by atomic mass is 19.4. The summed E-state index contributed by atoms with van der Waals surface area (Å²) < 4.78 is 42.6. The molecule has 5 nitrogen and oxygen atoms in total. The van der Waals surface area contributed by atoms with Crippen molar-refractivity contribution in [1.29, 1.82) is 0 Å². The molecule has 0 amide bonds. The summed E-state index contributed by atoms with van der Waals surface area (Å²) in [5, 5.41) is 18.2. The monoisotopic (exact) mass is 366 g/mol. The van der Waals surface area contributed by atoms with Gasteiger partial charge in [0.15, 0.2) is 0 Å². The maximum Gasteiger partial charge on any atom is 0.416 e. The van der Waals surface area contributed by atoms with E-state index in [1.54, 1.807) is 0 Å². The molecule has 0 bridgehead atoms. The topological polar surface area (TPSA) is 83.8 Å². The first-order valence-electron chi connectivity index (χ1n) is 7.90. The van der Waals surface area contributed by atoms with Gasteiger partial charge in [-0.2, -0.15) is 13.2 Å². The average Bonchev–Trinajstić information content (AvgIpc) is 2.57. The van der Waals surface area contributed by atoms with Gasteiger partial charge in [-0.25, -0.2) is 9.59 Å². The molecule has 0 atom stereocenters. The van der Waals surface area contributed by atoms with Crippen LogP contribution in [0.5, 0.6) is 0 Å². The van der Waals surface area contributed by atoms with Crippen molar-refractivity contribution >= 4 is 11.9 Å². The Hall–Kier alpha value is -2.09. The van der Waals surface area contributed by atoms with Crippen LogP contribution in [0.2, 0.25) is 0 Å². The molecule has 0 radical (unpaired) electrons. The number of carbonyl (C=O) groups is 2. The first-order chi connectivity index (χ1) is 11.6. The van der Waals surface area contributed by atoms with E-state index in [0.29, 0.717) is 6.07 Å². The molecule has 0 aliphatic rings. The van der Waals surface area contributed by atoms with Crippen molar-refractivity contribution in [2.75, 3.05) is 6.61 Å². The fourth-order valence-corrected chi connectivity index (χ4v) is 1.81. The van der Waals surface area contributed by atoms with Crippen molar-refractivity contribution in [2.45, 2.75) is 52.8 Å². The SMILES string of the molecule is CC.CC.CCOC(Cc1cccc(C(F)(F)F)c1)(C(=O)O)C(=O)O. The third-order valence-corrected chi connectivity index (χ3v) is 2.79. The molecule has 1 rings (SSSR count). The molecular weight excluding hydrogens is 341 g/mol. The molecule has 0 spiro atoms. The summed E-state index contributed by atoms with van der Waals surface area (Å²) in [6, 6.07) is 3.82. The summed E-state index contributed by atoms with van der Waals surface area (Å²) in [6.07, 6.45) is -5.31. The molecule has 0 saturated carbocycles. The third-order valence-electron chi connectivity index (χ3n) is 2.79. The molecule has 8 heteroatoms. The van der Waals surface area contributed by atoms with Gasteiger partial charge in [-0.1, -0.05) is 45.9 Å². The van der Waals surface area contributed by atoms with Crippen LogP contribution in [0.25, 0.3) is 0 Å². The van der Waals surface area contributed by atoms with Crippen molar-refractivity contribution < 1.29 is 37.7 Å². The van der Waals surface area contributed by atoms with Crippen LogP contribution in [0, 0.1) is 0 Å². The Morgan fingerprint density at radius 3 is 1.88 bits per heavy atom. The lowest BCUT2D eigenvalue weighted by Crippen LogP contribution is -2.51. The first kappa shape index (κ1) is 25.2. The van der Waals surface area contributed by atoms with Crippen molar-refractivity contribution in [2.24, 2.45) is 0 Å². The highest BCUT2D eigenvalue weighted by Gasteiger charge is 2.48. The fraction of sp³-hybridized carbons (Fsp3) is 0.529. The van der Waals surface area contributed by atoms with Gasteiger partial charge in [-0.05, 0) is 18.6 Å². The smallest absolute Gasteiger partial charge is 0.416 e. The zero-order chi connectivity index (χ0) is 20.3. The van der Waals surface area contributed by atoms with Crippen molar-refractivity contribution in [3.8, 4) is 0 Å². The molecular formula is C17H25F3O5. The van der Waals surface area contributed by atoms with Crippen LogP contribution in [0.3, 0.4) is 0 Å². The summed E-state index contributed by atoms with van der Waals surface area (Å²) in [5.41, 5.74) is -3.69. The highest BCUT2D eigenvalue weighted by Crippen LogP contribution is 2.30. The van der Waals surface area contributed by atoms with E-state index in [9.17, 15) is 22.8 Å². The molecule has 2 N–H and O–H groups in total. The first-order valence-corrected chi connectivity index (χ1v) is 7.90. The molecule has 0 fully saturated rings. The summed E-state index contributed by atoms with van der Waals surface area (Å²) in [6.45, 7) is 9.18. The van der Waals surface area contributed by atoms with Crippen molar-refractivity contribution in [3.05, 3.63) is 35.4 Å². The summed E-state index contributed by atoms with van der Waals surface area (Å²) in [4.78, 5) is 22.4. The normalized spacial score (nSPS) is 10.7. The number of rotatable bonds is 6. The van der Waals surface area contributed by atoms with Crippen molar-refractivity contribution in [3.63, 3.8) is 0 Å². The second-order valence-electron chi connectivity index (χ2n) is 4.25. The lowest BCUT2D eigenvalue weighted by atomic mass is 9.93. The quantitative estimate of drug-likeness (QED) is 0.736. The molecule has 0 unspecified atom stereocenters. The predicted molar refractivity (Wildman–Crippen MR) is 87.5 cm³/mol. The van der Waals surface area contributed by atoms with E-state index in [-0.39, 0.29) is 12.2 Å². The minimum Gasteiger partial charge on any atom is -0.479 e. The van der Waals surface area contributed by atoms with Gasteiger partial charge in [0.2, 0.25) is 0 Å². The number of hydrogen-bond acceptors (Lipinski definition) is 3. The van der Waals surface area contributed by atoms with Gasteiger partial charge in [0.1, 0.15) is 0 Å². The fourth-order valence-electron chi connectivity index (χ4n) is 1.81. The number of halogens is 3. The largest absolute Gasteiger partial charge is 0.479 e. The van der Waals surface area contributed by atoms with E-state index in [0.717, 1.165) is 12.1 Å². The van der Waals surface area contributed by atoms with Crippen LogP contribution in [-0.4, -0.2) is 34.4 Å². The Kier molecular flexibility index (Phi) is 11.5. The zero-order valence-electron chi connectivity index (χ0n) is 15.0. The van der Waals surface area contributed by atoms with Gasteiger partial charge >= 0.3 is 18.1 Å². The van der Waals surface area contributed by atoms with Gasteiger partial charge in [-0.15, -0.1) is 0 Å². The summed E-state index contributed by atoms with van der Waals surface area (Å²) >= 11 is 0. The Bertz CT molecular complexity index is 527. The van der Waals surface area contributed by atoms with E-state index in [2.05, 4.69) is 0 Å². The number of carboxylic acids is 2. The standard InChI is InChI=1S/C13H13F3O5.2C2H6/c1-2-21-12(10(17)18,11(19)20)7-8-4-3-5-9(6-8)13(14,15)16;2*1-2/h3-6H,2,7H2,1H3,(H,17,18)(H,19,20);2*1-2H3. The Labute approximate surface area is 145 Å². The Balaban J connectivity index is 0. The summed E-state index contributed by atoms with van der Waals surface area (Å²) in [5.74, 6) is -3.54. The minimum absolute atomic E-state index is 0.0944. The number of aliphatic carboxylic acids is 2. The van der Waals surface area contributed by atoms with Gasteiger partial charge in [-0.3, -0.25) is 0 Å². The van der Waals surface area contributed by atoms with Gasteiger partial charge < -0.3 is 14.9 Å². The van der Waals surface area contributed by atoms with E-state index in [1.165, 1.54) is 13.0 Å². The number of benzene rings is 1. The second-order valence-corrected chi connectivity index (χ2v) is 4.25. The molecule has 0 aliphatic carbocycles. The molecule has 144 valence electrons. The van der Waals surface area contributed by atoms with Crippen LogP contribution >= 0.6 is 0 Å². The van der Waals surface area contributed by atoms with E-state index >= 15 is 0 Å². The van der Waals surface area contributed by atoms with E-state index in [4.69, 9.17) is 14.9 Å². The Morgan fingerprint density at radius 2 is 1.52 bits per heavy atom. The average molecular weight is 366 g/mol. The van der Waals surface area contributed by atoms with Crippen LogP contribution in [-0.2, 0) is 26.9 Å². The van der Waals surface area contributed by atoms with E-state index in [1.807, 2.05) is 27.7 Å². The maximum absolute atomic E-state index is 12.6. The maximum atomic E-state index is 12.6. The predicted octanol–water partition coefficient (Wildman–Crippen LogP) is 4.24. The van der Waals surface area contributed by atoms with Gasteiger partial charge in [0.05, 0.1) is 5.56 Å². The van der Waals surface area contributed by atoms with Crippen LogP contribution in [0.4, 0.5) is 13.2 Å². The van der Waals surface area contributed by atoms with Gasteiger partial charge in [0.25, 0.3) is 5.60 Å². The Morgan fingerprint density at radius 1 is 1.04 bits per heavy atom. The van der Waals surface area contributed by atoms with Gasteiger partial charge in [0, 0.05) is 13.0 Å². The second kappa shape index (κ2) is 11.5. The lowest BCUT2D eigenvalue weighted by molar-refractivity contribution is -0.182. The molecule has 25 heavy (non-hydrogen) atoms. The molecule has 0 saturated heterocycles. The highest BCUT2D eigenvalue weighted by molar-refractivity contribution is 6.02.